The first-order chi connectivity index (χ1) is 27.0. The van der Waals surface area contributed by atoms with Crippen LogP contribution in [0.2, 0.25) is 0 Å². The first kappa shape index (κ1) is 31.7. The third-order valence-corrected chi connectivity index (χ3v) is 12.2. The third-order valence-electron chi connectivity index (χ3n) is 12.2. The molecule has 10 aromatic carbocycles. The van der Waals surface area contributed by atoms with E-state index in [0.29, 0.717) is 0 Å². The average Bonchev–Trinajstić information content (AvgIpc) is 3.48. The molecule has 0 amide bonds. The zero-order chi connectivity index (χ0) is 36.7. The Morgan fingerprint density at radius 2 is 0.764 bits per heavy atom. The van der Waals surface area contributed by atoms with Gasteiger partial charge < -0.3 is 0 Å². The van der Waals surface area contributed by atoms with Crippen LogP contribution in [0.3, 0.4) is 0 Å². The van der Waals surface area contributed by atoms with Gasteiger partial charge in [0.15, 0.2) is 0 Å². The molecule has 11 rings (SSSR count). The van der Waals surface area contributed by atoms with Gasteiger partial charge in [-0.05, 0) is 128 Å². The fourth-order valence-corrected chi connectivity index (χ4v) is 9.58. The summed E-state index contributed by atoms with van der Waals surface area (Å²) >= 11 is 0. The minimum absolute atomic E-state index is 0.102. The van der Waals surface area contributed by atoms with E-state index in [1.165, 1.54) is 110 Å². The first-order valence-electron chi connectivity index (χ1n) is 19.3. The number of hydrogen-bond acceptors (Lipinski definition) is 0. The molecular formula is C55H38. The quantitative estimate of drug-likeness (QED) is 0.161. The molecule has 0 spiro atoms. The van der Waals surface area contributed by atoms with Crippen LogP contribution in [-0.4, -0.2) is 0 Å². The molecule has 0 fully saturated rings. The van der Waals surface area contributed by atoms with Gasteiger partial charge in [0.05, 0.1) is 0 Å². The van der Waals surface area contributed by atoms with Crippen molar-refractivity contribution in [2.24, 2.45) is 0 Å². The molecule has 258 valence electrons. The van der Waals surface area contributed by atoms with Gasteiger partial charge >= 0.3 is 0 Å². The molecule has 0 atom stereocenters. The van der Waals surface area contributed by atoms with Crippen LogP contribution < -0.4 is 0 Å². The fraction of sp³-hybridized carbons (Fsp3) is 0.0545. The van der Waals surface area contributed by atoms with E-state index in [0.717, 1.165) is 0 Å². The number of benzene rings is 10. The van der Waals surface area contributed by atoms with E-state index in [1.54, 1.807) is 0 Å². The summed E-state index contributed by atoms with van der Waals surface area (Å²) in [6, 6.07) is 72.1. The van der Waals surface area contributed by atoms with E-state index >= 15 is 0 Å². The number of fused-ring (bicyclic) bond motifs is 8. The Labute approximate surface area is 322 Å². The van der Waals surface area contributed by atoms with Crippen molar-refractivity contribution in [3.8, 4) is 55.6 Å². The van der Waals surface area contributed by atoms with Crippen molar-refractivity contribution in [3.63, 3.8) is 0 Å². The van der Waals surface area contributed by atoms with Crippen LogP contribution in [0.15, 0.2) is 194 Å². The number of hydrogen-bond donors (Lipinski definition) is 0. The lowest BCUT2D eigenvalue weighted by atomic mass is 9.79. The summed E-state index contributed by atoms with van der Waals surface area (Å²) in [4.78, 5) is 0. The summed E-state index contributed by atoms with van der Waals surface area (Å²) in [7, 11) is 0. The van der Waals surface area contributed by atoms with Crippen LogP contribution in [0.1, 0.15) is 25.0 Å². The summed E-state index contributed by atoms with van der Waals surface area (Å²) in [6.07, 6.45) is 0. The Morgan fingerprint density at radius 3 is 1.47 bits per heavy atom. The maximum Gasteiger partial charge on any atom is 0.0165 e. The van der Waals surface area contributed by atoms with Crippen molar-refractivity contribution < 1.29 is 0 Å². The summed E-state index contributed by atoms with van der Waals surface area (Å²) in [6.45, 7) is 4.78. The average molecular weight is 699 g/mol. The van der Waals surface area contributed by atoms with Gasteiger partial charge in [0.2, 0.25) is 0 Å². The zero-order valence-electron chi connectivity index (χ0n) is 31.0. The number of rotatable bonds is 4. The van der Waals surface area contributed by atoms with Crippen molar-refractivity contribution in [2.45, 2.75) is 19.3 Å². The molecule has 0 unspecified atom stereocenters. The maximum atomic E-state index is 2.45. The summed E-state index contributed by atoms with van der Waals surface area (Å²) < 4.78 is 0. The van der Waals surface area contributed by atoms with Gasteiger partial charge in [0.25, 0.3) is 0 Å². The molecule has 0 nitrogen and oxygen atoms in total. The van der Waals surface area contributed by atoms with Gasteiger partial charge in [-0.3, -0.25) is 0 Å². The second-order valence-corrected chi connectivity index (χ2v) is 15.7. The van der Waals surface area contributed by atoms with Gasteiger partial charge in [0, 0.05) is 5.41 Å². The molecule has 55 heavy (non-hydrogen) atoms. The van der Waals surface area contributed by atoms with E-state index < -0.39 is 0 Å². The highest BCUT2D eigenvalue weighted by molar-refractivity contribution is 6.21. The molecule has 0 saturated heterocycles. The first-order valence-corrected chi connectivity index (χ1v) is 19.3. The lowest BCUT2D eigenvalue weighted by Crippen LogP contribution is -2.15. The highest BCUT2D eigenvalue weighted by Crippen LogP contribution is 2.52. The van der Waals surface area contributed by atoms with Crippen molar-refractivity contribution in [3.05, 3.63) is 205 Å². The largest absolute Gasteiger partial charge is 0.0616 e. The van der Waals surface area contributed by atoms with Crippen molar-refractivity contribution in [1.29, 1.82) is 0 Å². The summed E-state index contributed by atoms with van der Waals surface area (Å²) in [5.74, 6) is 0. The Balaban J connectivity index is 1.03. The topological polar surface area (TPSA) is 0 Å². The van der Waals surface area contributed by atoms with Crippen molar-refractivity contribution in [1.82, 2.24) is 0 Å². The standard InChI is InChI=1S/C55H38/c1-55(2)51-34-42(29-30-45(51)50-31-28-37-13-5-6-17-44(37)54(50)55)40-15-11-16-43(33-40)53-48-20-9-7-18-46(48)52(47-19-8-10-21-49(47)53)38-25-22-36(23-26-38)41-27-24-35-12-3-4-14-39(35)32-41/h3-34H,1-2H3. The second kappa shape index (κ2) is 12.1. The third kappa shape index (κ3) is 4.92. The summed E-state index contributed by atoms with van der Waals surface area (Å²) in [5.41, 5.74) is 15.4. The highest BCUT2D eigenvalue weighted by atomic mass is 14.4. The van der Waals surface area contributed by atoms with Crippen LogP contribution in [0.4, 0.5) is 0 Å². The van der Waals surface area contributed by atoms with Crippen LogP contribution >= 0.6 is 0 Å². The summed E-state index contributed by atoms with van der Waals surface area (Å²) in [5, 5.41) is 10.3. The monoisotopic (exact) mass is 698 g/mol. The zero-order valence-corrected chi connectivity index (χ0v) is 31.0. The van der Waals surface area contributed by atoms with Crippen LogP contribution in [0.25, 0.3) is 98.7 Å². The Bertz CT molecular complexity index is 3100. The van der Waals surface area contributed by atoms with E-state index in [1.807, 2.05) is 0 Å². The van der Waals surface area contributed by atoms with E-state index in [4.69, 9.17) is 0 Å². The minimum Gasteiger partial charge on any atom is -0.0616 e. The Kier molecular flexibility index (Phi) is 7.00. The lowest BCUT2D eigenvalue weighted by Gasteiger charge is -2.23. The molecule has 0 radical (unpaired) electrons. The molecule has 1 aliphatic rings. The minimum atomic E-state index is -0.102. The van der Waals surface area contributed by atoms with Crippen LogP contribution in [-0.2, 0) is 5.41 Å². The van der Waals surface area contributed by atoms with Gasteiger partial charge in [0.1, 0.15) is 0 Å². The Morgan fingerprint density at radius 1 is 0.291 bits per heavy atom. The SMILES string of the molecule is CC1(C)c2cc(-c3cccc(-c4c5ccccc5c(-c5ccc(-c6ccc7ccccc7c6)cc5)c5ccccc45)c3)ccc2-c2ccc3ccccc3c21. The van der Waals surface area contributed by atoms with Crippen molar-refractivity contribution in [2.75, 3.05) is 0 Å². The van der Waals surface area contributed by atoms with Crippen LogP contribution in [0, 0.1) is 0 Å². The normalized spacial score (nSPS) is 13.1. The predicted octanol–water partition coefficient (Wildman–Crippen LogP) is 15.3. The molecule has 0 bridgehead atoms. The lowest BCUT2D eigenvalue weighted by molar-refractivity contribution is 0.666. The van der Waals surface area contributed by atoms with E-state index in [9.17, 15) is 0 Å². The Hall–Kier alpha value is -6.76. The molecule has 0 saturated carbocycles. The predicted molar refractivity (Wildman–Crippen MR) is 236 cm³/mol. The molecule has 0 aliphatic heterocycles. The highest BCUT2D eigenvalue weighted by Gasteiger charge is 2.37. The van der Waals surface area contributed by atoms with E-state index in [-0.39, 0.29) is 5.41 Å². The maximum absolute atomic E-state index is 2.45. The molecule has 1 aliphatic carbocycles. The molecular weight excluding hydrogens is 661 g/mol. The van der Waals surface area contributed by atoms with Gasteiger partial charge in [-0.2, -0.15) is 0 Å². The fourth-order valence-electron chi connectivity index (χ4n) is 9.58. The van der Waals surface area contributed by atoms with Crippen LogP contribution in [0.5, 0.6) is 0 Å². The van der Waals surface area contributed by atoms with Gasteiger partial charge in [-0.25, -0.2) is 0 Å². The smallest absolute Gasteiger partial charge is 0.0165 e. The molecule has 0 heterocycles. The molecule has 0 heteroatoms. The van der Waals surface area contributed by atoms with Gasteiger partial charge in [-0.15, -0.1) is 0 Å². The molecule has 10 aromatic rings. The molecule has 0 aromatic heterocycles. The van der Waals surface area contributed by atoms with E-state index in [2.05, 4.69) is 208 Å². The second-order valence-electron chi connectivity index (χ2n) is 15.7. The van der Waals surface area contributed by atoms with Gasteiger partial charge in [-0.1, -0.05) is 190 Å². The molecule has 0 N–H and O–H groups in total. The van der Waals surface area contributed by atoms with Crippen molar-refractivity contribution >= 4 is 43.1 Å².